The van der Waals surface area contributed by atoms with Gasteiger partial charge < -0.3 is 10.6 Å². The van der Waals surface area contributed by atoms with Gasteiger partial charge in [0, 0.05) is 65.6 Å². The lowest BCUT2D eigenvalue weighted by atomic mass is 9.73. The van der Waals surface area contributed by atoms with Gasteiger partial charge in [-0.25, -0.2) is 23.1 Å². The predicted molar refractivity (Wildman–Crippen MR) is 128 cm³/mol. The first-order chi connectivity index (χ1) is 14.7. The van der Waals surface area contributed by atoms with E-state index in [1.54, 1.807) is 10.2 Å². The summed E-state index contributed by atoms with van der Waals surface area (Å²) in [5, 5.41) is 6.91. The van der Waals surface area contributed by atoms with Crippen LogP contribution >= 0.6 is 30.3 Å². The Balaban J connectivity index is 1.72. The van der Waals surface area contributed by atoms with Crippen LogP contribution in [-0.4, -0.2) is 33.1 Å². The second kappa shape index (κ2) is 8.78. The number of halogens is 4. The van der Waals surface area contributed by atoms with Crippen molar-refractivity contribution in [3.63, 3.8) is 0 Å². The van der Waals surface area contributed by atoms with Crippen LogP contribution in [0.4, 0.5) is 19.0 Å². The normalized spacial score (nSPS) is 20.9. The molecule has 4 rings (SSSR count). The summed E-state index contributed by atoms with van der Waals surface area (Å²) in [6.07, 6.45) is 5.52. The zero-order valence-corrected chi connectivity index (χ0v) is 20.3. The van der Waals surface area contributed by atoms with Gasteiger partial charge in [-0.05, 0) is 37.8 Å². The highest BCUT2D eigenvalue weighted by atomic mass is 127. The quantitative estimate of drug-likeness (QED) is 0.378. The van der Waals surface area contributed by atoms with Crippen LogP contribution in [0.3, 0.4) is 0 Å². The van der Waals surface area contributed by atoms with Gasteiger partial charge in [0.15, 0.2) is 23.3 Å². The highest BCUT2D eigenvalue weighted by molar-refractivity contribution is 14.2. The van der Waals surface area contributed by atoms with E-state index in [9.17, 15) is 13.2 Å². The maximum atomic E-state index is 14.6. The molecular formula is C21H23F3IN5S. The SMILES string of the molecule is CNC1CC(Nc2nc(-c3cn(SI)c4c(F)cc(F)cc34)ncc2F)CC(C)(C)C1. The number of hydrogen-bond acceptors (Lipinski definition) is 5. The fourth-order valence-corrected chi connectivity index (χ4v) is 5.86. The number of anilines is 1. The lowest BCUT2D eigenvalue weighted by Gasteiger charge is -2.40. The van der Waals surface area contributed by atoms with Gasteiger partial charge in [0.05, 0.1) is 11.7 Å². The molecule has 1 aliphatic rings. The van der Waals surface area contributed by atoms with Crippen molar-refractivity contribution >= 4 is 47.0 Å². The Labute approximate surface area is 195 Å². The highest BCUT2D eigenvalue weighted by Gasteiger charge is 2.34. The monoisotopic (exact) mass is 561 g/mol. The second-order valence-electron chi connectivity index (χ2n) is 8.75. The summed E-state index contributed by atoms with van der Waals surface area (Å²) < 4.78 is 44.5. The average Bonchev–Trinajstić information content (AvgIpc) is 3.07. The number of nitrogens with zero attached hydrogens (tertiary/aromatic N) is 3. The molecule has 166 valence electrons. The van der Waals surface area contributed by atoms with Crippen LogP contribution in [0, 0.1) is 22.9 Å². The zero-order valence-electron chi connectivity index (χ0n) is 17.3. The molecule has 1 aromatic carbocycles. The van der Waals surface area contributed by atoms with Crippen LogP contribution in [-0.2, 0) is 0 Å². The molecule has 1 saturated carbocycles. The van der Waals surface area contributed by atoms with Crippen molar-refractivity contribution in [3.8, 4) is 11.4 Å². The van der Waals surface area contributed by atoms with Gasteiger partial charge in [-0.1, -0.05) is 13.8 Å². The van der Waals surface area contributed by atoms with Crippen molar-refractivity contribution in [1.29, 1.82) is 0 Å². The molecule has 0 aliphatic heterocycles. The lowest BCUT2D eigenvalue weighted by molar-refractivity contribution is 0.190. The van der Waals surface area contributed by atoms with E-state index in [0.717, 1.165) is 31.5 Å². The van der Waals surface area contributed by atoms with E-state index < -0.39 is 17.5 Å². The average molecular weight is 561 g/mol. The van der Waals surface area contributed by atoms with E-state index in [4.69, 9.17) is 0 Å². The maximum absolute atomic E-state index is 14.6. The van der Waals surface area contributed by atoms with Crippen molar-refractivity contribution in [2.75, 3.05) is 12.4 Å². The Kier molecular flexibility index (Phi) is 6.42. The Bertz CT molecular complexity index is 1120. The lowest BCUT2D eigenvalue weighted by Crippen LogP contribution is -2.44. The maximum Gasteiger partial charge on any atom is 0.183 e. The smallest absolute Gasteiger partial charge is 0.183 e. The van der Waals surface area contributed by atoms with Crippen molar-refractivity contribution < 1.29 is 13.2 Å². The Morgan fingerprint density at radius 1 is 1.16 bits per heavy atom. The number of rotatable bonds is 5. The van der Waals surface area contributed by atoms with Crippen LogP contribution in [0.2, 0.25) is 0 Å². The van der Waals surface area contributed by atoms with Gasteiger partial charge in [-0.15, -0.1) is 0 Å². The minimum atomic E-state index is -0.689. The summed E-state index contributed by atoms with van der Waals surface area (Å²) in [7, 11) is 3.18. The molecule has 31 heavy (non-hydrogen) atoms. The molecule has 10 heteroatoms. The second-order valence-corrected chi connectivity index (χ2v) is 10.5. The molecule has 1 aliphatic carbocycles. The standard InChI is InChI=1S/C21H23F3IN5S/c1-21(2)7-12(26-3)6-13(8-21)28-20-17(24)9-27-19(29-20)15-10-30(31-25)18-14(15)4-11(22)5-16(18)23/h4-5,9-10,12-13,26H,6-8H2,1-3H3,(H,27,28,29). The van der Waals surface area contributed by atoms with Crippen LogP contribution in [0.1, 0.15) is 33.1 Å². The number of benzene rings is 1. The summed E-state index contributed by atoms with van der Waals surface area (Å²) >= 11 is 2.02. The van der Waals surface area contributed by atoms with Gasteiger partial charge in [-0.3, -0.25) is 3.97 Å². The van der Waals surface area contributed by atoms with Gasteiger partial charge in [-0.2, -0.15) is 0 Å². The van der Waals surface area contributed by atoms with E-state index >= 15 is 0 Å². The van der Waals surface area contributed by atoms with Crippen molar-refractivity contribution in [3.05, 3.63) is 42.0 Å². The molecule has 0 amide bonds. The largest absolute Gasteiger partial charge is 0.365 e. The van der Waals surface area contributed by atoms with Crippen LogP contribution in [0.5, 0.6) is 0 Å². The van der Waals surface area contributed by atoms with E-state index in [1.165, 1.54) is 15.2 Å². The summed E-state index contributed by atoms with van der Waals surface area (Å²) in [6, 6.07) is 2.46. The topological polar surface area (TPSA) is 54.8 Å². The molecule has 5 nitrogen and oxygen atoms in total. The minimum absolute atomic E-state index is 0.0413. The molecule has 2 heterocycles. The van der Waals surface area contributed by atoms with Crippen LogP contribution < -0.4 is 10.6 Å². The molecule has 2 atom stereocenters. The molecule has 2 unspecified atom stereocenters. The molecule has 0 bridgehead atoms. The minimum Gasteiger partial charge on any atom is -0.365 e. The summed E-state index contributed by atoms with van der Waals surface area (Å²) in [4.78, 5) is 8.52. The third-order valence-corrected chi connectivity index (χ3v) is 7.47. The number of fused-ring (bicyclic) bond motifs is 1. The highest BCUT2D eigenvalue weighted by Crippen LogP contribution is 2.38. The third-order valence-electron chi connectivity index (χ3n) is 5.76. The Morgan fingerprint density at radius 2 is 1.90 bits per heavy atom. The molecule has 1 fully saturated rings. The predicted octanol–water partition coefficient (Wildman–Crippen LogP) is 5.94. The van der Waals surface area contributed by atoms with E-state index in [-0.39, 0.29) is 28.6 Å². The van der Waals surface area contributed by atoms with Crippen LogP contribution in [0.25, 0.3) is 22.3 Å². The Hall–Kier alpha value is -1.53. The number of aromatic nitrogens is 3. The third kappa shape index (κ3) is 4.65. The molecule has 3 aromatic rings. The van der Waals surface area contributed by atoms with Gasteiger partial charge in [0.25, 0.3) is 0 Å². The van der Waals surface area contributed by atoms with E-state index in [2.05, 4.69) is 34.4 Å². The van der Waals surface area contributed by atoms with Gasteiger partial charge >= 0.3 is 0 Å². The van der Waals surface area contributed by atoms with Crippen LogP contribution in [0.15, 0.2) is 24.5 Å². The molecule has 0 saturated heterocycles. The molecule has 0 spiro atoms. The van der Waals surface area contributed by atoms with Crippen molar-refractivity contribution in [2.45, 2.75) is 45.2 Å². The molecule has 0 radical (unpaired) electrons. The molecule has 2 N–H and O–H groups in total. The summed E-state index contributed by atoms with van der Waals surface area (Å²) in [6.45, 7) is 4.40. The fourth-order valence-electron chi connectivity index (χ4n) is 4.53. The van der Waals surface area contributed by atoms with Gasteiger partial charge in [0.1, 0.15) is 5.82 Å². The first-order valence-corrected chi connectivity index (χ1v) is 13.3. The van der Waals surface area contributed by atoms with Crippen molar-refractivity contribution in [2.24, 2.45) is 5.41 Å². The fraction of sp³-hybridized carbons (Fsp3) is 0.429. The summed E-state index contributed by atoms with van der Waals surface area (Å²) in [5.74, 6) is -1.61. The van der Waals surface area contributed by atoms with Gasteiger partial charge in [0.2, 0.25) is 0 Å². The molecule has 2 aromatic heterocycles. The first kappa shape index (κ1) is 22.7. The molecular weight excluding hydrogens is 538 g/mol. The Morgan fingerprint density at radius 3 is 2.61 bits per heavy atom. The van der Waals surface area contributed by atoms with Crippen molar-refractivity contribution in [1.82, 2.24) is 19.3 Å². The summed E-state index contributed by atoms with van der Waals surface area (Å²) in [5.41, 5.74) is 0.789. The zero-order chi connectivity index (χ0) is 22.3. The first-order valence-electron chi connectivity index (χ1n) is 9.96. The number of hydrogen-bond donors (Lipinski definition) is 2. The van der Waals surface area contributed by atoms with E-state index in [0.29, 0.717) is 17.0 Å². The number of nitrogens with one attached hydrogen (secondary N) is 2. The van der Waals surface area contributed by atoms with E-state index in [1.807, 2.05) is 28.3 Å².